The standard InChI is InChI=1S/C35H34N4O6/c36-24-25-14-18-27(19-15-25)38-35(42)45-34(26-16-20-28(21-17-26)43-23-22-40)32(44-29-8-2-1-3-9-29)12-6-7-13-33(41)39-31-11-5-4-10-30(31)37/h1-5,7-11,13-21,32,34,40H,6,12,22-23,37H2,(H,38,42)(H,39,41)/b13-7+/t32-,34-/m0/s1. The molecule has 0 unspecified atom stereocenters. The first-order chi connectivity index (χ1) is 21.9. The van der Waals surface area contributed by atoms with Crippen LogP contribution in [0.2, 0.25) is 0 Å². The van der Waals surface area contributed by atoms with Crippen LogP contribution < -0.4 is 25.8 Å². The van der Waals surface area contributed by atoms with Crippen molar-refractivity contribution in [3.8, 4) is 17.6 Å². The number of nitrogens with zero attached hydrogens (tertiary/aromatic N) is 1. The fourth-order valence-corrected chi connectivity index (χ4v) is 4.35. The maximum atomic E-state index is 13.2. The van der Waals surface area contributed by atoms with Crippen molar-refractivity contribution in [1.82, 2.24) is 0 Å². The highest BCUT2D eigenvalue weighted by Crippen LogP contribution is 2.30. The molecule has 5 N–H and O–H groups in total. The fourth-order valence-electron chi connectivity index (χ4n) is 4.35. The lowest BCUT2D eigenvalue weighted by Crippen LogP contribution is -2.31. The molecule has 2 amide bonds. The molecule has 230 valence electrons. The van der Waals surface area contributed by atoms with Crippen molar-refractivity contribution in [1.29, 1.82) is 5.26 Å². The molecule has 0 radical (unpaired) electrons. The molecule has 2 atom stereocenters. The van der Waals surface area contributed by atoms with Crippen LogP contribution in [0.5, 0.6) is 11.5 Å². The number of aliphatic hydroxyl groups is 1. The molecular weight excluding hydrogens is 572 g/mol. The number of carbonyl (C=O) groups is 2. The van der Waals surface area contributed by atoms with Crippen LogP contribution in [0.25, 0.3) is 0 Å². The zero-order valence-electron chi connectivity index (χ0n) is 24.5. The molecule has 4 aromatic rings. The summed E-state index contributed by atoms with van der Waals surface area (Å²) in [6.07, 6.45) is 1.68. The molecule has 0 fully saturated rings. The van der Waals surface area contributed by atoms with Gasteiger partial charge < -0.3 is 30.4 Å². The number of amides is 2. The second kappa shape index (κ2) is 16.7. The minimum Gasteiger partial charge on any atom is -0.491 e. The van der Waals surface area contributed by atoms with Gasteiger partial charge in [0.1, 0.15) is 24.2 Å². The molecule has 4 aromatic carbocycles. The zero-order valence-corrected chi connectivity index (χ0v) is 24.5. The number of para-hydroxylation sites is 3. The second-order valence-electron chi connectivity index (χ2n) is 9.81. The molecule has 0 aromatic heterocycles. The number of nitrogen functional groups attached to an aromatic ring is 1. The van der Waals surface area contributed by atoms with Crippen molar-refractivity contribution in [2.75, 3.05) is 29.6 Å². The van der Waals surface area contributed by atoms with Crippen molar-refractivity contribution in [2.45, 2.75) is 25.0 Å². The second-order valence-corrected chi connectivity index (χ2v) is 9.81. The van der Waals surface area contributed by atoms with Gasteiger partial charge in [0.25, 0.3) is 0 Å². The van der Waals surface area contributed by atoms with Gasteiger partial charge in [0.05, 0.1) is 29.6 Å². The van der Waals surface area contributed by atoms with E-state index in [4.69, 9.17) is 30.3 Å². The number of nitrogens with one attached hydrogen (secondary N) is 2. The van der Waals surface area contributed by atoms with Crippen molar-refractivity contribution in [3.05, 3.63) is 126 Å². The minimum absolute atomic E-state index is 0.125. The topological polar surface area (TPSA) is 156 Å². The van der Waals surface area contributed by atoms with Gasteiger partial charge in [0.2, 0.25) is 5.91 Å². The average Bonchev–Trinajstić information content (AvgIpc) is 3.06. The monoisotopic (exact) mass is 606 g/mol. The van der Waals surface area contributed by atoms with Crippen LogP contribution in [0, 0.1) is 11.3 Å². The number of nitrogens with two attached hydrogens (primary N) is 1. The number of benzene rings is 4. The Kier molecular flexibility index (Phi) is 12.0. The fraction of sp³-hybridized carbons (Fsp3) is 0.171. The normalized spacial score (nSPS) is 12.0. The highest BCUT2D eigenvalue weighted by Gasteiger charge is 2.29. The molecule has 10 heteroatoms. The van der Waals surface area contributed by atoms with Gasteiger partial charge in [0, 0.05) is 5.69 Å². The Labute approximate surface area is 261 Å². The lowest BCUT2D eigenvalue weighted by Gasteiger charge is -2.28. The number of hydrogen-bond donors (Lipinski definition) is 4. The van der Waals surface area contributed by atoms with Crippen LogP contribution in [0.15, 0.2) is 115 Å². The highest BCUT2D eigenvalue weighted by molar-refractivity contribution is 6.01. The quantitative estimate of drug-likeness (QED) is 0.0973. The third kappa shape index (κ3) is 10.2. The molecule has 0 spiro atoms. The number of carbonyl (C=O) groups excluding carboxylic acids is 2. The molecule has 0 saturated carbocycles. The molecule has 0 aliphatic carbocycles. The molecule has 4 rings (SSSR count). The molecule has 0 bridgehead atoms. The van der Waals surface area contributed by atoms with E-state index in [1.807, 2.05) is 24.3 Å². The molecule has 0 saturated heterocycles. The maximum Gasteiger partial charge on any atom is 0.412 e. The smallest absolute Gasteiger partial charge is 0.412 e. The van der Waals surface area contributed by atoms with Gasteiger partial charge in [-0.3, -0.25) is 10.1 Å². The lowest BCUT2D eigenvalue weighted by atomic mass is 10.00. The molecule has 10 nitrogen and oxygen atoms in total. The van der Waals surface area contributed by atoms with Gasteiger partial charge in [-0.05, 0) is 85.1 Å². The number of aliphatic hydroxyl groups excluding tert-OH is 1. The van der Waals surface area contributed by atoms with Crippen molar-refractivity contribution >= 4 is 29.1 Å². The van der Waals surface area contributed by atoms with Gasteiger partial charge in [-0.2, -0.15) is 5.26 Å². The van der Waals surface area contributed by atoms with Crippen LogP contribution in [-0.4, -0.2) is 36.4 Å². The molecule has 0 aliphatic heterocycles. The van der Waals surface area contributed by atoms with Gasteiger partial charge >= 0.3 is 6.09 Å². The largest absolute Gasteiger partial charge is 0.491 e. The van der Waals surface area contributed by atoms with E-state index in [9.17, 15) is 9.59 Å². The van der Waals surface area contributed by atoms with E-state index in [2.05, 4.69) is 10.6 Å². The highest BCUT2D eigenvalue weighted by atomic mass is 16.6. The number of ether oxygens (including phenoxy) is 3. The maximum absolute atomic E-state index is 13.2. The number of allylic oxidation sites excluding steroid dienone is 1. The van der Waals surface area contributed by atoms with E-state index in [0.717, 1.165) is 0 Å². The summed E-state index contributed by atoms with van der Waals surface area (Å²) in [5.74, 6) is 0.788. The Balaban J connectivity index is 1.55. The Morgan fingerprint density at radius 2 is 1.60 bits per heavy atom. The Hall–Kier alpha value is -5.79. The predicted molar refractivity (Wildman–Crippen MR) is 172 cm³/mol. The number of rotatable bonds is 14. The third-order valence-corrected chi connectivity index (χ3v) is 6.54. The summed E-state index contributed by atoms with van der Waals surface area (Å²) in [5, 5.41) is 23.6. The summed E-state index contributed by atoms with van der Waals surface area (Å²) >= 11 is 0. The predicted octanol–water partition coefficient (Wildman–Crippen LogP) is 6.22. The Morgan fingerprint density at radius 3 is 2.29 bits per heavy atom. The van der Waals surface area contributed by atoms with Crippen molar-refractivity contribution < 1.29 is 28.9 Å². The Morgan fingerprint density at radius 1 is 0.889 bits per heavy atom. The minimum atomic E-state index is -0.873. The molecule has 0 heterocycles. The number of hydrogen-bond acceptors (Lipinski definition) is 8. The van der Waals surface area contributed by atoms with Crippen molar-refractivity contribution in [2.24, 2.45) is 0 Å². The van der Waals surface area contributed by atoms with E-state index < -0.39 is 18.3 Å². The van der Waals surface area contributed by atoms with Crippen LogP contribution >= 0.6 is 0 Å². The SMILES string of the molecule is N#Cc1ccc(NC(=O)O[C@@H](c2ccc(OCCO)cc2)[C@H](CC/C=C/C(=O)Nc2ccccc2N)Oc2ccccc2)cc1. The zero-order chi connectivity index (χ0) is 31.9. The lowest BCUT2D eigenvalue weighted by molar-refractivity contribution is -0.111. The summed E-state index contributed by atoms with van der Waals surface area (Å²) in [6, 6.07) is 31.6. The number of anilines is 3. The summed E-state index contributed by atoms with van der Waals surface area (Å²) in [6.45, 7) is 0.0169. The average molecular weight is 607 g/mol. The van der Waals surface area contributed by atoms with E-state index >= 15 is 0 Å². The van der Waals surface area contributed by atoms with Crippen molar-refractivity contribution in [3.63, 3.8) is 0 Å². The van der Waals surface area contributed by atoms with Gasteiger partial charge in [-0.15, -0.1) is 0 Å². The van der Waals surface area contributed by atoms with Crippen LogP contribution in [0.1, 0.15) is 30.1 Å². The van der Waals surface area contributed by atoms with E-state index in [-0.39, 0.29) is 19.1 Å². The van der Waals surface area contributed by atoms with Crippen LogP contribution in [0.4, 0.5) is 21.9 Å². The van der Waals surface area contributed by atoms with Crippen LogP contribution in [-0.2, 0) is 9.53 Å². The molecule has 45 heavy (non-hydrogen) atoms. The van der Waals surface area contributed by atoms with E-state index in [0.29, 0.717) is 52.5 Å². The summed E-state index contributed by atoms with van der Waals surface area (Å²) in [7, 11) is 0. The van der Waals surface area contributed by atoms with E-state index in [1.165, 1.54) is 6.08 Å². The first-order valence-electron chi connectivity index (χ1n) is 14.3. The first-order valence-corrected chi connectivity index (χ1v) is 14.3. The Bertz CT molecular complexity index is 1600. The molecule has 0 aliphatic rings. The van der Waals surface area contributed by atoms with Gasteiger partial charge in [-0.1, -0.05) is 48.5 Å². The summed E-state index contributed by atoms with van der Waals surface area (Å²) in [4.78, 5) is 25.7. The summed E-state index contributed by atoms with van der Waals surface area (Å²) in [5.41, 5.74) is 8.46. The molecular formula is C35H34N4O6. The van der Waals surface area contributed by atoms with E-state index in [1.54, 1.807) is 91.0 Å². The van der Waals surface area contributed by atoms with Gasteiger partial charge in [0.15, 0.2) is 6.10 Å². The third-order valence-electron chi connectivity index (χ3n) is 6.54. The first kappa shape index (κ1) is 32.1. The number of nitriles is 1. The van der Waals surface area contributed by atoms with Gasteiger partial charge in [-0.25, -0.2) is 4.79 Å². The summed E-state index contributed by atoms with van der Waals surface area (Å²) < 4.78 is 17.9. The van der Waals surface area contributed by atoms with Crippen LogP contribution in [0.3, 0.4) is 0 Å².